The van der Waals surface area contributed by atoms with Crippen molar-refractivity contribution in [1.82, 2.24) is 0 Å². The van der Waals surface area contributed by atoms with Gasteiger partial charge in [-0.2, -0.15) is 0 Å². The van der Waals surface area contributed by atoms with Crippen molar-refractivity contribution in [2.75, 3.05) is 0 Å². The molecule has 7 heteroatoms. The Balaban J connectivity index is -0.00000000333. The second-order valence-corrected chi connectivity index (χ2v) is 0.141. The molecule has 2 nitrogen and oxygen atoms in total. The summed E-state index contributed by atoms with van der Waals surface area (Å²) in [4.78, 5) is 0. The quantitative estimate of drug-likeness (QED) is 0.317. The highest BCUT2D eigenvalue weighted by atomic mass is 19.0. The lowest BCUT2D eigenvalue weighted by Crippen LogP contribution is -1.75. The molecule has 0 bridgehead atoms. The number of hydrogen-bond acceptors (Lipinski definition) is 2. The molecule has 2 N–H and O–H groups in total. The van der Waals surface area contributed by atoms with E-state index in [1.165, 1.54) is 0 Å². The largest absolute Gasteiger partial charge is 0.432 e. The minimum atomic E-state index is -0.750. The summed E-state index contributed by atoms with van der Waals surface area (Å²) in [6.07, 6.45) is 0. The van der Waals surface area contributed by atoms with Crippen LogP contribution in [0.15, 0.2) is 0 Å². The standard InChI is InChI=1S/BH3O2.4FH/c2-1-3;;;;/h1-3H;4*1H. The summed E-state index contributed by atoms with van der Waals surface area (Å²) in [5.74, 6) is 0. The zero-order valence-corrected chi connectivity index (χ0v) is 3.23. The van der Waals surface area contributed by atoms with Crippen molar-refractivity contribution in [2.45, 2.75) is 0 Å². The molecule has 0 amide bonds. The van der Waals surface area contributed by atoms with Crippen molar-refractivity contribution in [1.29, 1.82) is 0 Å². The third-order valence-electron chi connectivity index (χ3n) is 0. The summed E-state index contributed by atoms with van der Waals surface area (Å²) in [6.45, 7) is 0. The number of rotatable bonds is 0. The van der Waals surface area contributed by atoms with Crippen molar-refractivity contribution in [3.8, 4) is 0 Å². The molecule has 0 atom stereocenters. The van der Waals surface area contributed by atoms with Gasteiger partial charge < -0.3 is 10.0 Å². The van der Waals surface area contributed by atoms with Gasteiger partial charge >= 0.3 is 7.69 Å². The van der Waals surface area contributed by atoms with E-state index in [2.05, 4.69) is 0 Å². The Morgan fingerprint density at radius 2 is 0.714 bits per heavy atom. The molecular formula is H7BF4O2. The molecule has 0 rings (SSSR count). The van der Waals surface area contributed by atoms with Crippen LogP contribution in [0.4, 0.5) is 18.8 Å². The SMILES string of the molecule is F.F.F.F.OBO. The van der Waals surface area contributed by atoms with Crippen LogP contribution in [-0.4, -0.2) is 17.7 Å². The summed E-state index contributed by atoms with van der Waals surface area (Å²) in [5.41, 5.74) is 0. The average molecular weight is 126 g/mol. The van der Waals surface area contributed by atoms with Crippen LogP contribution in [0.2, 0.25) is 0 Å². The normalized spacial score (nSPS) is 2.00. The van der Waals surface area contributed by atoms with Crippen molar-refractivity contribution in [2.24, 2.45) is 0 Å². The van der Waals surface area contributed by atoms with E-state index in [9.17, 15) is 0 Å². The highest BCUT2D eigenvalue weighted by Crippen LogP contribution is 1.08. The second-order valence-electron chi connectivity index (χ2n) is 0.141. The van der Waals surface area contributed by atoms with E-state index in [-0.39, 0.29) is 18.8 Å². The van der Waals surface area contributed by atoms with Gasteiger partial charge in [-0.15, -0.1) is 0 Å². The lowest BCUT2D eigenvalue weighted by Gasteiger charge is -1.48. The summed E-state index contributed by atoms with van der Waals surface area (Å²) >= 11 is 0. The van der Waals surface area contributed by atoms with Crippen LogP contribution >= 0.6 is 0 Å². The smallest absolute Gasteiger partial charge is 0.430 e. The number of hydrogen-bond donors (Lipinski definition) is 2. The molecule has 0 fully saturated rings. The van der Waals surface area contributed by atoms with Crippen molar-refractivity contribution in [3.05, 3.63) is 0 Å². The van der Waals surface area contributed by atoms with Crippen molar-refractivity contribution >= 4 is 7.69 Å². The van der Waals surface area contributed by atoms with E-state index < -0.39 is 7.69 Å². The Bertz CT molecular complexity index is 9.65. The van der Waals surface area contributed by atoms with Crippen LogP contribution in [0.1, 0.15) is 0 Å². The fourth-order valence-electron chi connectivity index (χ4n) is 0. The monoisotopic (exact) mass is 126 g/mol. The average Bonchev–Trinajstić information content (AvgIpc) is 0.918. The van der Waals surface area contributed by atoms with Gasteiger partial charge in [0.05, 0.1) is 0 Å². The van der Waals surface area contributed by atoms with Crippen LogP contribution in [0.5, 0.6) is 0 Å². The molecular weight excluding hydrogens is 119 g/mol. The molecule has 7 heavy (non-hydrogen) atoms. The van der Waals surface area contributed by atoms with E-state index >= 15 is 0 Å². The highest BCUT2D eigenvalue weighted by Gasteiger charge is 1.48. The van der Waals surface area contributed by atoms with Crippen LogP contribution < -0.4 is 0 Å². The third-order valence-corrected chi connectivity index (χ3v) is 0. The first-order valence-corrected chi connectivity index (χ1v) is 0.632. The summed E-state index contributed by atoms with van der Waals surface area (Å²) in [5, 5.41) is 14.2. The van der Waals surface area contributed by atoms with Crippen LogP contribution in [0, 0.1) is 0 Å². The first-order valence-electron chi connectivity index (χ1n) is 0.632. The summed E-state index contributed by atoms with van der Waals surface area (Å²) in [7, 11) is -0.750. The van der Waals surface area contributed by atoms with E-state index in [1.54, 1.807) is 0 Å². The Kier molecular flexibility index (Phi) is 2730. The molecule has 0 saturated heterocycles. The molecule has 0 aliphatic heterocycles. The maximum Gasteiger partial charge on any atom is 0.432 e. The molecule has 50 valence electrons. The van der Waals surface area contributed by atoms with E-state index in [0.29, 0.717) is 0 Å². The zero-order valence-electron chi connectivity index (χ0n) is 3.23. The van der Waals surface area contributed by atoms with Gasteiger partial charge in [-0.05, 0) is 0 Å². The Morgan fingerprint density at radius 3 is 0.714 bits per heavy atom. The summed E-state index contributed by atoms with van der Waals surface area (Å²) < 4.78 is 0. The van der Waals surface area contributed by atoms with Gasteiger partial charge in [0.15, 0.2) is 0 Å². The molecule has 0 radical (unpaired) electrons. The Hall–Kier alpha value is -0.295. The van der Waals surface area contributed by atoms with Crippen molar-refractivity contribution < 1.29 is 28.9 Å². The highest BCUT2D eigenvalue weighted by molar-refractivity contribution is 6.13. The second kappa shape index (κ2) is 254. The van der Waals surface area contributed by atoms with Crippen LogP contribution in [0.3, 0.4) is 0 Å². The minimum Gasteiger partial charge on any atom is -0.430 e. The minimum absolute atomic E-state index is 0. The van der Waals surface area contributed by atoms with Gasteiger partial charge in [-0.25, -0.2) is 0 Å². The molecule has 0 saturated carbocycles. The van der Waals surface area contributed by atoms with Crippen LogP contribution in [0.25, 0.3) is 0 Å². The van der Waals surface area contributed by atoms with Gasteiger partial charge in [-0.3, -0.25) is 18.8 Å². The Labute approximate surface area is 37.9 Å². The fraction of sp³-hybridized carbons (Fsp3) is 0. The van der Waals surface area contributed by atoms with E-state index in [0.717, 1.165) is 0 Å². The van der Waals surface area contributed by atoms with Crippen molar-refractivity contribution in [3.63, 3.8) is 0 Å². The number of halogens is 4. The predicted molar refractivity (Wildman–Crippen MR) is 21.6 cm³/mol. The van der Waals surface area contributed by atoms with Gasteiger partial charge in [0.2, 0.25) is 0 Å². The van der Waals surface area contributed by atoms with Crippen LogP contribution in [-0.2, 0) is 0 Å². The maximum atomic E-state index is 7.12. The van der Waals surface area contributed by atoms with E-state index in [1.807, 2.05) is 0 Å². The first-order chi connectivity index (χ1) is 1.41. The molecule has 0 aliphatic rings. The zero-order chi connectivity index (χ0) is 2.71. The lowest BCUT2D eigenvalue weighted by atomic mass is 10.5. The molecule has 0 spiro atoms. The molecule has 0 heterocycles. The third kappa shape index (κ3) is 899. The maximum absolute atomic E-state index is 7.12. The molecule has 0 aromatic rings. The van der Waals surface area contributed by atoms with Gasteiger partial charge in [0, 0.05) is 0 Å². The van der Waals surface area contributed by atoms with Gasteiger partial charge in [-0.1, -0.05) is 0 Å². The summed E-state index contributed by atoms with van der Waals surface area (Å²) in [6, 6.07) is 0. The first kappa shape index (κ1) is 75.1. The molecule has 0 unspecified atom stereocenters. The van der Waals surface area contributed by atoms with Gasteiger partial charge in [0.1, 0.15) is 0 Å². The lowest BCUT2D eigenvalue weighted by molar-refractivity contribution is 0.448. The molecule has 0 aromatic heterocycles. The topological polar surface area (TPSA) is 40.5 Å². The Morgan fingerprint density at radius 1 is 0.714 bits per heavy atom. The van der Waals surface area contributed by atoms with Gasteiger partial charge in [0.25, 0.3) is 0 Å². The fourth-order valence-corrected chi connectivity index (χ4v) is 0. The predicted octanol–water partition coefficient (Wildman–Crippen LogP) is -1.15. The van der Waals surface area contributed by atoms with E-state index in [4.69, 9.17) is 10.0 Å². The molecule has 0 aliphatic carbocycles. The molecule has 0 aromatic carbocycles.